The van der Waals surface area contributed by atoms with Crippen LogP contribution in [0.2, 0.25) is 0 Å². The van der Waals surface area contributed by atoms with Gasteiger partial charge in [0.05, 0.1) is 11.4 Å². The van der Waals surface area contributed by atoms with Crippen molar-refractivity contribution >= 4 is 28.7 Å². The number of hydrazine groups is 1. The Morgan fingerprint density at radius 3 is 2.46 bits per heavy atom. The smallest absolute Gasteiger partial charge is 0.314 e. The molecule has 1 aliphatic carbocycles. The van der Waals surface area contributed by atoms with E-state index in [1.807, 2.05) is 4.68 Å². The zero-order valence-electron chi connectivity index (χ0n) is 21.9. The van der Waals surface area contributed by atoms with Crippen LogP contribution in [-0.2, 0) is 9.59 Å². The molecular weight excluding hydrogens is 532 g/mol. The number of carbonyl (C=O) groups is 2. The Bertz CT molecular complexity index is 1690. The minimum absolute atomic E-state index is 0.00747. The molecule has 2 aromatic carbocycles. The Hall–Kier alpha value is -5.31. The number of carbonyl (C=O) groups excluding carboxylic acids is 2. The lowest BCUT2D eigenvalue weighted by molar-refractivity contribution is -0.123. The van der Waals surface area contributed by atoms with Gasteiger partial charge < -0.3 is 10.5 Å². The van der Waals surface area contributed by atoms with Crippen molar-refractivity contribution in [1.29, 1.82) is 0 Å². The summed E-state index contributed by atoms with van der Waals surface area (Å²) in [5.74, 6) is 2.15. The maximum Gasteiger partial charge on any atom is 0.314 e. The third-order valence-corrected chi connectivity index (χ3v) is 6.60. The Morgan fingerprint density at radius 1 is 1.07 bits per heavy atom. The van der Waals surface area contributed by atoms with Crippen LogP contribution in [0.1, 0.15) is 38.6 Å². The van der Waals surface area contributed by atoms with E-state index in [-0.39, 0.29) is 17.6 Å². The van der Waals surface area contributed by atoms with Crippen molar-refractivity contribution < 1.29 is 23.1 Å². The van der Waals surface area contributed by atoms with Crippen LogP contribution in [0.3, 0.4) is 0 Å². The first-order valence-corrected chi connectivity index (χ1v) is 12.8. The molecule has 0 spiro atoms. The van der Waals surface area contributed by atoms with Gasteiger partial charge >= 0.3 is 5.91 Å². The van der Waals surface area contributed by atoms with Gasteiger partial charge in [-0.2, -0.15) is 5.10 Å². The van der Waals surface area contributed by atoms with E-state index in [0.717, 1.165) is 17.7 Å². The van der Waals surface area contributed by atoms with Crippen LogP contribution in [-0.4, -0.2) is 31.6 Å². The zero-order chi connectivity index (χ0) is 28.9. The Balaban J connectivity index is 1.34. The molecule has 1 saturated carbocycles. The number of allylic oxidation sites excluding steroid dienone is 1. The molecule has 12 heteroatoms. The maximum atomic E-state index is 14.0. The van der Waals surface area contributed by atoms with Crippen LogP contribution in [0.25, 0.3) is 22.3 Å². The number of nitrogens with one attached hydrogen (secondary N) is 2. The average Bonchev–Trinajstić information content (AvgIpc) is 3.36. The molecule has 10 nitrogen and oxygen atoms in total. The predicted molar refractivity (Wildman–Crippen MR) is 147 cm³/mol. The molecule has 5 rings (SSSR count). The summed E-state index contributed by atoms with van der Waals surface area (Å²) in [5.41, 5.74) is 13.6. The molecule has 4 N–H and O–H groups in total. The number of aromatic nitrogens is 4. The first-order chi connectivity index (χ1) is 19.8. The van der Waals surface area contributed by atoms with Gasteiger partial charge in [-0.05, 0) is 74.9 Å². The lowest BCUT2D eigenvalue weighted by Crippen LogP contribution is -2.40. The monoisotopic (exact) mass is 557 g/mol. The number of halogens is 2. The van der Waals surface area contributed by atoms with Crippen molar-refractivity contribution in [3.63, 3.8) is 0 Å². The first kappa shape index (κ1) is 27.3. The van der Waals surface area contributed by atoms with E-state index in [2.05, 4.69) is 32.7 Å². The fourth-order valence-electron chi connectivity index (χ4n) is 4.68. The number of nitrogen functional groups attached to an aromatic ring is 1. The van der Waals surface area contributed by atoms with Crippen LogP contribution in [0.15, 0.2) is 60.4 Å². The standard InChI is InChI=1S/C29H25F2N7O3/c1-2-4-23(39)35-36-24(40)15-17-7-11-19(12-8-17)38-29-25(28(32)33-16-34-29)26(37-38)18-9-13-20(14-10-18)41-27-21(30)5-3-6-22(27)31/h3,5-6,9-10,13-16,19H,7-8,11-12H2,1H3,(H,35,39)(H,36,40)(H2,32,33,34). The summed E-state index contributed by atoms with van der Waals surface area (Å²) in [5, 5.41) is 5.44. The maximum absolute atomic E-state index is 14.0. The zero-order valence-corrected chi connectivity index (χ0v) is 21.9. The van der Waals surface area contributed by atoms with Crippen molar-refractivity contribution in [2.45, 2.75) is 38.6 Å². The van der Waals surface area contributed by atoms with Crippen LogP contribution >= 0.6 is 0 Å². The van der Waals surface area contributed by atoms with Gasteiger partial charge in [0.25, 0.3) is 5.91 Å². The van der Waals surface area contributed by atoms with Crippen LogP contribution < -0.4 is 21.3 Å². The summed E-state index contributed by atoms with van der Waals surface area (Å²) in [7, 11) is 0. The highest BCUT2D eigenvalue weighted by molar-refractivity contribution is 5.98. The predicted octanol–water partition coefficient (Wildman–Crippen LogP) is 4.36. The molecule has 0 radical (unpaired) electrons. The lowest BCUT2D eigenvalue weighted by Gasteiger charge is -2.24. The van der Waals surface area contributed by atoms with E-state index in [1.165, 1.54) is 25.4 Å². The minimum atomic E-state index is -0.802. The fourth-order valence-corrected chi connectivity index (χ4v) is 4.68. The summed E-state index contributed by atoms with van der Waals surface area (Å²) in [6.07, 6.45) is 5.57. The molecule has 0 unspecified atom stereocenters. The van der Waals surface area contributed by atoms with Crippen LogP contribution in [0, 0.1) is 23.5 Å². The van der Waals surface area contributed by atoms with E-state index in [9.17, 15) is 18.4 Å². The molecule has 0 aliphatic heterocycles. The summed E-state index contributed by atoms with van der Waals surface area (Å²) in [6.45, 7) is 1.53. The normalized spacial score (nSPS) is 14.6. The molecule has 2 amide bonds. The Labute approximate surface area is 233 Å². The largest absolute Gasteiger partial charge is 0.451 e. The third kappa shape index (κ3) is 5.99. The lowest BCUT2D eigenvalue weighted by atomic mass is 9.90. The van der Waals surface area contributed by atoms with Gasteiger partial charge in [-0.15, -0.1) is 0 Å². The van der Waals surface area contributed by atoms with Crippen molar-refractivity contribution in [3.8, 4) is 34.6 Å². The van der Waals surface area contributed by atoms with Crippen molar-refractivity contribution in [2.75, 3.05) is 5.73 Å². The van der Waals surface area contributed by atoms with Gasteiger partial charge in [0, 0.05) is 11.6 Å². The number of para-hydroxylation sites is 1. The molecule has 1 fully saturated rings. The number of hydrogen-bond donors (Lipinski definition) is 3. The summed E-state index contributed by atoms with van der Waals surface area (Å²) < 4.78 is 35.3. The molecule has 208 valence electrons. The molecule has 0 saturated heterocycles. The topological polar surface area (TPSA) is 137 Å². The van der Waals surface area contributed by atoms with Crippen LogP contribution in [0.5, 0.6) is 11.5 Å². The molecule has 41 heavy (non-hydrogen) atoms. The highest BCUT2D eigenvalue weighted by Gasteiger charge is 2.25. The van der Waals surface area contributed by atoms with Gasteiger partial charge in [0.2, 0.25) is 0 Å². The summed E-state index contributed by atoms with van der Waals surface area (Å²) in [6, 6.07) is 10.1. The highest BCUT2D eigenvalue weighted by atomic mass is 19.1. The van der Waals surface area contributed by atoms with Crippen molar-refractivity contribution in [2.24, 2.45) is 0 Å². The fraction of sp³-hybridized carbons (Fsp3) is 0.207. The number of nitrogens with zero attached hydrogens (tertiary/aromatic N) is 4. The number of benzene rings is 2. The second-order valence-electron chi connectivity index (χ2n) is 9.28. The van der Waals surface area contributed by atoms with Crippen molar-refractivity contribution in [3.05, 3.63) is 72.1 Å². The Morgan fingerprint density at radius 2 is 1.78 bits per heavy atom. The number of rotatable bonds is 5. The highest BCUT2D eigenvalue weighted by Crippen LogP contribution is 2.38. The van der Waals surface area contributed by atoms with Gasteiger partial charge in [0.15, 0.2) is 23.0 Å². The van der Waals surface area contributed by atoms with E-state index in [1.54, 1.807) is 24.3 Å². The van der Waals surface area contributed by atoms with Gasteiger partial charge in [0.1, 0.15) is 23.6 Å². The van der Waals surface area contributed by atoms with E-state index in [0.29, 0.717) is 48.0 Å². The molecule has 4 aromatic rings. The summed E-state index contributed by atoms with van der Waals surface area (Å²) >= 11 is 0. The summed E-state index contributed by atoms with van der Waals surface area (Å²) in [4.78, 5) is 32.2. The van der Waals surface area contributed by atoms with Crippen molar-refractivity contribution in [1.82, 2.24) is 30.6 Å². The van der Waals surface area contributed by atoms with Gasteiger partial charge in [-0.1, -0.05) is 17.6 Å². The second-order valence-corrected chi connectivity index (χ2v) is 9.28. The molecule has 1 aliphatic rings. The number of fused-ring (bicyclic) bond motifs is 1. The van der Waals surface area contributed by atoms with Crippen LogP contribution in [0.4, 0.5) is 14.6 Å². The third-order valence-electron chi connectivity index (χ3n) is 6.60. The number of ether oxygens (including phenoxy) is 1. The average molecular weight is 558 g/mol. The van der Waals surface area contributed by atoms with Gasteiger partial charge in [-0.25, -0.2) is 23.4 Å². The molecular formula is C29H25F2N7O3. The van der Waals surface area contributed by atoms with Gasteiger partial charge in [-0.3, -0.25) is 20.4 Å². The van der Waals surface area contributed by atoms with E-state index in [4.69, 9.17) is 15.6 Å². The Kier molecular flexibility index (Phi) is 7.87. The van der Waals surface area contributed by atoms with E-state index >= 15 is 0 Å². The molecule has 0 atom stereocenters. The first-order valence-electron chi connectivity index (χ1n) is 12.8. The minimum Gasteiger partial charge on any atom is -0.451 e. The number of amides is 2. The molecule has 2 heterocycles. The molecule has 0 bridgehead atoms. The number of nitrogens with two attached hydrogens (primary N) is 1. The quantitative estimate of drug-likeness (QED) is 0.188. The molecule has 2 aromatic heterocycles. The second kappa shape index (κ2) is 11.8. The number of anilines is 1. The van der Waals surface area contributed by atoms with E-state index < -0.39 is 29.2 Å². The number of hydrogen-bond acceptors (Lipinski definition) is 7. The SMILES string of the molecule is CC#CC(=O)NNC(=O)C=C1CCC(n2nc(-c3ccc(Oc4c(F)cccc4F)cc3)c3c(N)ncnc32)CC1.